The molecular weight excluding hydrogens is 428 g/mol. The van der Waals surface area contributed by atoms with Crippen LogP contribution in [-0.2, 0) is 15.1 Å². The Balaban J connectivity index is 1.43. The molecule has 2 saturated heterocycles. The van der Waals surface area contributed by atoms with Gasteiger partial charge in [-0.3, -0.25) is 4.79 Å². The van der Waals surface area contributed by atoms with Crippen molar-refractivity contribution in [1.82, 2.24) is 20.2 Å². The number of rotatable bonds is 6. The molecule has 3 aromatic rings. The largest absolute Gasteiger partial charge is 0.369 e. The molecule has 0 amide bonds. The van der Waals surface area contributed by atoms with Gasteiger partial charge in [0.25, 0.3) is 0 Å². The summed E-state index contributed by atoms with van der Waals surface area (Å²) in [6.45, 7) is 9.41. The van der Waals surface area contributed by atoms with Crippen molar-refractivity contribution >= 4 is 34.0 Å². The summed E-state index contributed by atoms with van der Waals surface area (Å²) in [5.41, 5.74) is 2.38. The third-order valence-corrected chi connectivity index (χ3v) is 6.62. The maximum Gasteiger partial charge on any atom is 0.227 e. The Bertz CT molecular complexity index is 1180. The Morgan fingerprint density at radius 2 is 1.97 bits per heavy atom. The number of fused-ring (bicyclic) bond motifs is 1. The average molecular weight is 459 g/mol. The lowest BCUT2D eigenvalue weighted by atomic mass is 9.86. The number of hydrogen-bond acceptors (Lipinski definition) is 8. The molecule has 0 bridgehead atoms. The second-order valence-corrected chi connectivity index (χ2v) is 8.82. The zero-order valence-corrected chi connectivity index (χ0v) is 19.5. The van der Waals surface area contributed by atoms with Crippen LogP contribution in [0, 0.1) is 0 Å². The first-order valence-corrected chi connectivity index (χ1v) is 11.7. The van der Waals surface area contributed by atoms with E-state index >= 15 is 0 Å². The number of anilines is 3. The van der Waals surface area contributed by atoms with Crippen molar-refractivity contribution in [2.75, 3.05) is 63.1 Å². The maximum atomic E-state index is 12.9. The Hall–Kier alpha value is -3.33. The monoisotopic (exact) mass is 458 g/mol. The molecule has 2 N–H and O–H groups in total. The molecule has 34 heavy (non-hydrogen) atoms. The molecule has 8 heteroatoms. The van der Waals surface area contributed by atoms with Crippen molar-refractivity contribution in [3.63, 3.8) is 0 Å². The summed E-state index contributed by atoms with van der Waals surface area (Å²) in [5.74, 6) is 0.289. The van der Waals surface area contributed by atoms with E-state index in [1.165, 1.54) is 11.8 Å². The van der Waals surface area contributed by atoms with Gasteiger partial charge in [0.1, 0.15) is 0 Å². The number of para-hydroxylation sites is 1. The van der Waals surface area contributed by atoms with Gasteiger partial charge in [-0.25, -0.2) is 9.97 Å². The summed E-state index contributed by atoms with van der Waals surface area (Å²) >= 11 is 0. The summed E-state index contributed by atoms with van der Waals surface area (Å²) in [5, 5.41) is 7.44. The van der Waals surface area contributed by atoms with Crippen LogP contribution in [0.15, 0.2) is 61.3 Å². The van der Waals surface area contributed by atoms with E-state index in [0.29, 0.717) is 31.2 Å². The molecule has 2 aliphatic rings. The van der Waals surface area contributed by atoms with E-state index in [1.807, 2.05) is 30.3 Å². The lowest BCUT2D eigenvalue weighted by molar-refractivity contribution is -0.144. The third kappa shape index (κ3) is 4.27. The van der Waals surface area contributed by atoms with Gasteiger partial charge in [0.05, 0.1) is 12.1 Å². The number of ether oxygens (including phenoxy) is 1. The third-order valence-electron chi connectivity index (χ3n) is 6.62. The predicted molar refractivity (Wildman–Crippen MR) is 135 cm³/mol. The van der Waals surface area contributed by atoms with Crippen molar-refractivity contribution in [2.45, 2.75) is 5.60 Å². The number of nitrogens with zero attached hydrogens (tertiary/aromatic N) is 4. The van der Waals surface area contributed by atoms with Crippen molar-refractivity contribution < 1.29 is 9.53 Å². The first kappa shape index (κ1) is 22.5. The molecule has 0 unspecified atom stereocenters. The number of piperazine rings is 1. The van der Waals surface area contributed by atoms with E-state index in [-0.39, 0.29) is 5.78 Å². The highest BCUT2D eigenvalue weighted by atomic mass is 16.5. The molecular formula is C26H30N6O2. The van der Waals surface area contributed by atoms with Crippen LogP contribution in [0.1, 0.15) is 5.56 Å². The van der Waals surface area contributed by atoms with E-state index in [2.05, 4.69) is 51.2 Å². The van der Waals surface area contributed by atoms with E-state index in [4.69, 9.17) is 9.72 Å². The van der Waals surface area contributed by atoms with Crippen molar-refractivity contribution in [2.24, 2.45) is 0 Å². The van der Waals surface area contributed by atoms with Crippen LogP contribution in [0.3, 0.4) is 0 Å². The molecule has 0 radical (unpaired) electrons. The van der Waals surface area contributed by atoms with Gasteiger partial charge in [-0.2, -0.15) is 0 Å². The second kappa shape index (κ2) is 9.50. The van der Waals surface area contributed by atoms with Gasteiger partial charge in [-0.05, 0) is 37.4 Å². The summed E-state index contributed by atoms with van der Waals surface area (Å²) in [6.07, 6.45) is 3.10. The lowest BCUT2D eigenvalue weighted by Crippen LogP contribution is -2.52. The first-order chi connectivity index (χ1) is 16.6. The molecule has 0 aliphatic carbocycles. The van der Waals surface area contributed by atoms with Gasteiger partial charge in [0, 0.05) is 67.8 Å². The molecule has 1 atom stereocenters. The van der Waals surface area contributed by atoms with Gasteiger partial charge in [-0.1, -0.05) is 24.8 Å². The topological polar surface area (TPSA) is 82.6 Å². The number of aromatic nitrogens is 2. The number of ketones is 1. The fraction of sp³-hybridized carbons (Fsp3) is 0.346. The van der Waals surface area contributed by atoms with Crippen LogP contribution < -0.4 is 15.5 Å². The fourth-order valence-corrected chi connectivity index (χ4v) is 4.63. The molecule has 0 spiro atoms. The van der Waals surface area contributed by atoms with Crippen LogP contribution in [-0.4, -0.2) is 73.6 Å². The van der Waals surface area contributed by atoms with Crippen molar-refractivity contribution in [1.29, 1.82) is 0 Å². The van der Waals surface area contributed by atoms with Gasteiger partial charge >= 0.3 is 0 Å². The number of hydrogen-bond donors (Lipinski definition) is 2. The molecule has 1 aromatic heterocycles. The van der Waals surface area contributed by atoms with E-state index in [9.17, 15) is 4.79 Å². The zero-order chi connectivity index (χ0) is 23.5. The molecule has 3 heterocycles. The number of nitrogens with one attached hydrogen (secondary N) is 2. The van der Waals surface area contributed by atoms with Gasteiger partial charge in [0.15, 0.2) is 11.4 Å². The van der Waals surface area contributed by atoms with E-state index in [0.717, 1.165) is 42.8 Å². The minimum absolute atomic E-state index is 0.181. The van der Waals surface area contributed by atoms with Crippen LogP contribution in [0.4, 0.5) is 17.3 Å². The Labute approximate surface area is 199 Å². The van der Waals surface area contributed by atoms with Crippen LogP contribution in [0.25, 0.3) is 10.9 Å². The summed E-state index contributed by atoms with van der Waals surface area (Å²) in [6, 6.07) is 14.1. The molecule has 0 saturated carbocycles. The zero-order valence-electron chi connectivity index (χ0n) is 19.5. The standard InChI is InChI=1S/C26H30N6O2/c1-3-23(33)26(18-27-11-16-34-26)22-6-4-5-19-17-28-25(30-24(19)22)29-20-7-9-21(10-8-20)32-14-12-31(2)13-15-32/h3-10,17,27H,1,11-16,18H2,2H3,(H,28,29,30)/t26-/m0/s1. The maximum absolute atomic E-state index is 12.9. The first-order valence-electron chi connectivity index (χ1n) is 11.7. The lowest BCUT2D eigenvalue weighted by Gasteiger charge is -2.36. The number of morpholine rings is 1. The predicted octanol–water partition coefficient (Wildman–Crippen LogP) is 2.70. The molecule has 2 aliphatic heterocycles. The molecule has 2 aromatic carbocycles. The highest BCUT2D eigenvalue weighted by molar-refractivity contribution is 6.01. The number of likely N-dealkylation sites (N-methyl/N-ethyl adjacent to an activating group) is 1. The highest BCUT2D eigenvalue weighted by Crippen LogP contribution is 2.34. The van der Waals surface area contributed by atoms with E-state index < -0.39 is 5.60 Å². The fourth-order valence-electron chi connectivity index (χ4n) is 4.63. The van der Waals surface area contributed by atoms with Crippen molar-refractivity contribution in [3.8, 4) is 0 Å². The van der Waals surface area contributed by atoms with Gasteiger partial charge in [-0.15, -0.1) is 0 Å². The summed E-state index contributed by atoms with van der Waals surface area (Å²) in [4.78, 5) is 27.0. The minimum Gasteiger partial charge on any atom is -0.369 e. The molecule has 5 rings (SSSR count). The average Bonchev–Trinajstić information content (AvgIpc) is 2.89. The summed E-state index contributed by atoms with van der Waals surface area (Å²) in [7, 11) is 2.16. The molecule has 176 valence electrons. The molecule has 8 nitrogen and oxygen atoms in total. The van der Waals surface area contributed by atoms with Gasteiger partial charge < -0.3 is 25.2 Å². The second-order valence-electron chi connectivity index (χ2n) is 8.82. The smallest absolute Gasteiger partial charge is 0.227 e. The number of benzene rings is 2. The van der Waals surface area contributed by atoms with Crippen LogP contribution in [0.5, 0.6) is 0 Å². The Morgan fingerprint density at radius 1 is 1.18 bits per heavy atom. The van der Waals surface area contributed by atoms with E-state index in [1.54, 1.807) is 6.20 Å². The SMILES string of the molecule is C=CC(=O)[C@@]1(c2cccc3cnc(Nc4ccc(N5CCN(C)CC5)cc4)nc23)CNCCO1. The van der Waals surface area contributed by atoms with Crippen LogP contribution in [0.2, 0.25) is 0 Å². The highest BCUT2D eigenvalue weighted by Gasteiger charge is 2.42. The Kier molecular flexibility index (Phi) is 6.28. The number of carbonyl (C=O) groups is 1. The Morgan fingerprint density at radius 3 is 2.68 bits per heavy atom. The van der Waals surface area contributed by atoms with Crippen molar-refractivity contribution in [3.05, 3.63) is 66.9 Å². The van der Waals surface area contributed by atoms with Gasteiger partial charge in [0.2, 0.25) is 5.95 Å². The van der Waals surface area contributed by atoms with Crippen LogP contribution >= 0.6 is 0 Å². The quantitative estimate of drug-likeness (QED) is 0.546. The number of carbonyl (C=O) groups excluding carboxylic acids is 1. The molecule has 2 fully saturated rings. The normalized spacial score (nSPS) is 21.4. The minimum atomic E-state index is -1.14. The summed E-state index contributed by atoms with van der Waals surface area (Å²) < 4.78 is 6.08.